The van der Waals surface area contributed by atoms with Crippen LogP contribution in [-0.2, 0) is 4.74 Å². The smallest absolute Gasteiger partial charge is 0.161 e. The van der Waals surface area contributed by atoms with Crippen LogP contribution in [0.15, 0.2) is 41.3 Å². The Hall–Kier alpha value is -2.39. The maximum atomic E-state index is 5.55. The fraction of sp³-hybridized carbons (Fsp3) is 0.500. The number of allylic oxidation sites excluding steroid dienone is 1. The van der Waals surface area contributed by atoms with E-state index in [0.29, 0.717) is 11.5 Å². The highest BCUT2D eigenvalue weighted by Gasteiger charge is 2.42. The summed E-state index contributed by atoms with van der Waals surface area (Å²) < 4.78 is 16.4. The van der Waals surface area contributed by atoms with Crippen molar-refractivity contribution in [1.29, 1.82) is 0 Å². The zero-order valence-corrected chi connectivity index (χ0v) is 18.2. The number of aliphatic imine (C=N–C) groups is 1. The summed E-state index contributed by atoms with van der Waals surface area (Å²) in [5, 5.41) is 5.71. The maximum Gasteiger partial charge on any atom is 0.161 e. The van der Waals surface area contributed by atoms with Crippen molar-refractivity contribution in [2.45, 2.75) is 19.5 Å². The third-order valence-corrected chi connectivity index (χ3v) is 5.73. The predicted molar refractivity (Wildman–Crippen MR) is 117 cm³/mol. The molecule has 1 aromatic carbocycles. The first kappa shape index (κ1) is 20.9. The number of hydrazine groups is 1. The molecule has 30 heavy (non-hydrogen) atoms. The Bertz CT molecular complexity index is 876. The van der Waals surface area contributed by atoms with Crippen molar-refractivity contribution in [2.75, 3.05) is 53.6 Å². The molecule has 1 saturated heterocycles. The van der Waals surface area contributed by atoms with Gasteiger partial charge in [-0.3, -0.25) is 15.2 Å². The molecule has 3 aliphatic rings. The highest BCUT2D eigenvalue weighted by Crippen LogP contribution is 2.40. The molecule has 2 N–H and O–H groups in total. The second-order valence-electron chi connectivity index (χ2n) is 7.82. The first-order valence-electron chi connectivity index (χ1n) is 10.4. The summed E-state index contributed by atoms with van der Waals surface area (Å²) in [6.07, 6.45) is 4.02. The number of morpholine rings is 1. The fourth-order valence-electron chi connectivity index (χ4n) is 4.12. The van der Waals surface area contributed by atoms with Crippen LogP contribution in [-0.4, -0.2) is 74.9 Å². The molecule has 1 fully saturated rings. The highest BCUT2D eigenvalue weighted by molar-refractivity contribution is 5.95. The largest absolute Gasteiger partial charge is 0.493 e. The van der Waals surface area contributed by atoms with Gasteiger partial charge in [-0.1, -0.05) is 6.07 Å². The molecular formula is C22H31N5O3. The van der Waals surface area contributed by atoms with Crippen LogP contribution in [0, 0.1) is 0 Å². The predicted octanol–water partition coefficient (Wildman–Crippen LogP) is 1.82. The molecule has 0 saturated carbocycles. The summed E-state index contributed by atoms with van der Waals surface area (Å²) in [5.41, 5.74) is 6.18. The molecule has 3 aliphatic heterocycles. The molecule has 0 spiro atoms. The number of fused-ring (bicyclic) bond motifs is 1. The zero-order chi connectivity index (χ0) is 21.1. The van der Waals surface area contributed by atoms with E-state index in [1.165, 1.54) is 0 Å². The molecule has 4 rings (SSSR count). The molecule has 0 aromatic heterocycles. The van der Waals surface area contributed by atoms with Crippen molar-refractivity contribution >= 4 is 11.3 Å². The average Bonchev–Trinajstić information content (AvgIpc) is 3.05. The second-order valence-corrected chi connectivity index (χ2v) is 7.82. The molecule has 0 aliphatic carbocycles. The minimum atomic E-state index is -0.486. The lowest BCUT2D eigenvalue weighted by Crippen LogP contribution is -2.56. The number of nitrogens with zero attached hydrogens (tertiary/aromatic N) is 3. The van der Waals surface area contributed by atoms with Crippen molar-refractivity contribution in [3.8, 4) is 11.5 Å². The van der Waals surface area contributed by atoms with Gasteiger partial charge in [0.15, 0.2) is 17.3 Å². The molecule has 162 valence electrons. The summed E-state index contributed by atoms with van der Waals surface area (Å²) in [4.78, 5) is 7.25. The molecule has 1 unspecified atom stereocenters. The van der Waals surface area contributed by atoms with Crippen LogP contribution in [0.5, 0.6) is 11.5 Å². The molecule has 0 amide bonds. The second kappa shape index (κ2) is 8.77. The molecule has 8 nitrogen and oxygen atoms in total. The molecule has 8 heteroatoms. The Balaban J connectivity index is 1.63. The van der Waals surface area contributed by atoms with Gasteiger partial charge in [0.25, 0.3) is 0 Å². The van der Waals surface area contributed by atoms with Gasteiger partial charge in [-0.2, -0.15) is 0 Å². The number of benzene rings is 1. The fourth-order valence-corrected chi connectivity index (χ4v) is 4.12. The number of nitrogens with one attached hydrogen (secondary N) is 2. The number of rotatable bonds is 7. The van der Waals surface area contributed by atoms with E-state index in [-0.39, 0.29) is 0 Å². The molecule has 0 bridgehead atoms. The van der Waals surface area contributed by atoms with E-state index < -0.39 is 5.66 Å². The summed E-state index contributed by atoms with van der Waals surface area (Å²) in [6, 6.07) is 6.01. The van der Waals surface area contributed by atoms with Crippen LogP contribution in [0.3, 0.4) is 0 Å². The molecular weight excluding hydrogens is 382 g/mol. The Kier molecular flexibility index (Phi) is 6.10. The summed E-state index contributed by atoms with van der Waals surface area (Å²) in [7, 11) is 3.30. The van der Waals surface area contributed by atoms with Crippen molar-refractivity contribution in [3.63, 3.8) is 0 Å². The molecule has 0 radical (unpaired) electrons. The van der Waals surface area contributed by atoms with Gasteiger partial charge in [0.05, 0.1) is 27.4 Å². The molecule has 1 atom stereocenters. The van der Waals surface area contributed by atoms with Gasteiger partial charge in [0.1, 0.15) is 5.66 Å². The van der Waals surface area contributed by atoms with Gasteiger partial charge in [-0.15, -0.1) is 0 Å². The van der Waals surface area contributed by atoms with E-state index in [1.54, 1.807) is 14.2 Å². The third kappa shape index (κ3) is 4.09. The minimum Gasteiger partial charge on any atom is -0.493 e. The molecule has 3 heterocycles. The number of methoxy groups -OCH3 is 2. The summed E-state index contributed by atoms with van der Waals surface area (Å²) in [6.45, 7) is 9.55. The van der Waals surface area contributed by atoms with Crippen molar-refractivity contribution < 1.29 is 14.2 Å². The van der Waals surface area contributed by atoms with Gasteiger partial charge >= 0.3 is 0 Å². The Labute approximate surface area is 178 Å². The van der Waals surface area contributed by atoms with Crippen LogP contribution < -0.4 is 20.2 Å². The third-order valence-electron chi connectivity index (χ3n) is 5.73. The van der Waals surface area contributed by atoms with Crippen LogP contribution >= 0.6 is 0 Å². The normalized spacial score (nSPS) is 24.1. The van der Waals surface area contributed by atoms with Crippen LogP contribution in [0.25, 0.3) is 5.57 Å². The van der Waals surface area contributed by atoms with E-state index in [1.807, 2.05) is 36.3 Å². The van der Waals surface area contributed by atoms with E-state index in [0.717, 1.165) is 62.1 Å². The van der Waals surface area contributed by atoms with E-state index in [9.17, 15) is 0 Å². The standard InChI is InChI=1S/C22H31N5O3/c1-16-7-9-27-21(24-16)20(17-5-6-18(28-3)19(15-17)29-4)22(2,25-27)23-8-10-26-11-13-30-14-12-26/h5-7,9,15,23,25H,8,10-14H2,1-4H3. The number of ether oxygens (including phenoxy) is 3. The van der Waals surface area contributed by atoms with E-state index in [4.69, 9.17) is 19.2 Å². The minimum absolute atomic E-state index is 0.486. The van der Waals surface area contributed by atoms with Gasteiger partial charge in [-0.05, 0) is 37.6 Å². The molecule has 1 aromatic rings. The van der Waals surface area contributed by atoms with Crippen molar-refractivity contribution in [2.24, 2.45) is 4.99 Å². The lowest BCUT2D eigenvalue weighted by atomic mass is 9.94. The number of hydrogen-bond donors (Lipinski definition) is 2. The summed E-state index contributed by atoms with van der Waals surface area (Å²) >= 11 is 0. The first-order chi connectivity index (χ1) is 14.5. The van der Waals surface area contributed by atoms with E-state index in [2.05, 4.69) is 28.6 Å². The lowest BCUT2D eigenvalue weighted by Gasteiger charge is -2.33. The van der Waals surface area contributed by atoms with Gasteiger partial charge < -0.3 is 14.2 Å². The Morgan fingerprint density at radius 2 is 1.97 bits per heavy atom. The summed E-state index contributed by atoms with van der Waals surface area (Å²) in [5.74, 6) is 2.30. The van der Waals surface area contributed by atoms with Crippen molar-refractivity contribution in [1.82, 2.24) is 20.7 Å². The van der Waals surface area contributed by atoms with Gasteiger partial charge in [0, 0.05) is 43.7 Å². The lowest BCUT2D eigenvalue weighted by molar-refractivity contribution is 0.0374. The SMILES string of the molecule is COc1ccc(C2=C3N=C(C)C=CN3NC2(C)NCCN2CCOCC2)cc1OC. The Morgan fingerprint density at radius 1 is 1.20 bits per heavy atom. The van der Waals surface area contributed by atoms with Gasteiger partial charge in [-0.25, -0.2) is 10.4 Å². The zero-order valence-electron chi connectivity index (χ0n) is 18.2. The maximum absolute atomic E-state index is 5.55. The average molecular weight is 414 g/mol. The topological polar surface area (TPSA) is 70.6 Å². The first-order valence-corrected chi connectivity index (χ1v) is 10.4. The quantitative estimate of drug-likeness (QED) is 0.707. The van der Waals surface area contributed by atoms with Crippen molar-refractivity contribution in [3.05, 3.63) is 41.9 Å². The van der Waals surface area contributed by atoms with Crippen LogP contribution in [0.1, 0.15) is 19.4 Å². The van der Waals surface area contributed by atoms with Gasteiger partial charge in [0.2, 0.25) is 0 Å². The monoisotopic (exact) mass is 413 g/mol. The van der Waals surface area contributed by atoms with Crippen LogP contribution in [0.2, 0.25) is 0 Å². The highest BCUT2D eigenvalue weighted by atomic mass is 16.5. The Morgan fingerprint density at radius 3 is 2.70 bits per heavy atom. The van der Waals surface area contributed by atoms with Crippen LogP contribution in [0.4, 0.5) is 0 Å². The number of hydrogen-bond acceptors (Lipinski definition) is 8. The van der Waals surface area contributed by atoms with E-state index >= 15 is 0 Å².